The maximum Gasteiger partial charge on any atom is 0.338 e. The first kappa shape index (κ1) is 20.7. The Morgan fingerprint density at radius 3 is 2.62 bits per heavy atom. The Labute approximate surface area is 170 Å². The molecular weight excluding hydrogens is 370 g/mol. The van der Waals surface area contributed by atoms with Gasteiger partial charge in [0.2, 0.25) is 5.91 Å². The highest BCUT2D eigenvalue weighted by molar-refractivity contribution is 6.04. The van der Waals surface area contributed by atoms with Crippen LogP contribution in [0.25, 0.3) is 6.08 Å². The maximum absolute atomic E-state index is 12.5. The number of ether oxygens (including phenoxy) is 1. The highest BCUT2D eigenvalue weighted by Crippen LogP contribution is 2.29. The number of rotatable bonds is 7. The lowest BCUT2D eigenvalue weighted by Gasteiger charge is -2.36. The first-order valence-electron chi connectivity index (χ1n) is 9.91. The summed E-state index contributed by atoms with van der Waals surface area (Å²) in [6, 6.07) is 8.82. The van der Waals surface area contributed by atoms with Crippen molar-refractivity contribution in [2.75, 3.05) is 49.5 Å². The number of carbonyl (C=O) groups excluding carboxylic acids is 2. The highest BCUT2D eigenvalue weighted by atomic mass is 16.5. The molecule has 1 aromatic carbocycles. The van der Waals surface area contributed by atoms with E-state index in [9.17, 15) is 9.59 Å². The van der Waals surface area contributed by atoms with Crippen molar-refractivity contribution in [2.45, 2.75) is 13.8 Å². The van der Waals surface area contributed by atoms with Crippen molar-refractivity contribution in [1.29, 1.82) is 0 Å². The van der Waals surface area contributed by atoms with Gasteiger partial charge in [-0.15, -0.1) is 0 Å². The molecule has 1 aliphatic heterocycles. The van der Waals surface area contributed by atoms with Gasteiger partial charge in [0.1, 0.15) is 5.76 Å². The number of piperazine rings is 1. The molecule has 0 radical (unpaired) electrons. The van der Waals surface area contributed by atoms with Crippen molar-refractivity contribution in [3.8, 4) is 0 Å². The lowest BCUT2D eigenvalue weighted by atomic mass is 10.1. The number of carbonyl (C=O) groups is 2. The van der Waals surface area contributed by atoms with E-state index in [1.807, 2.05) is 6.07 Å². The van der Waals surface area contributed by atoms with Crippen LogP contribution in [0.2, 0.25) is 0 Å². The summed E-state index contributed by atoms with van der Waals surface area (Å²) in [5.74, 6) is -0.108. The van der Waals surface area contributed by atoms with Gasteiger partial charge in [-0.2, -0.15) is 0 Å². The number of nitrogens with zero attached hydrogens (tertiary/aromatic N) is 2. The van der Waals surface area contributed by atoms with Gasteiger partial charge >= 0.3 is 5.97 Å². The molecule has 2 aromatic rings. The van der Waals surface area contributed by atoms with Crippen molar-refractivity contribution in [3.63, 3.8) is 0 Å². The molecule has 1 fully saturated rings. The van der Waals surface area contributed by atoms with Crippen LogP contribution in [0.5, 0.6) is 0 Å². The summed E-state index contributed by atoms with van der Waals surface area (Å²) >= 11 is 0. The van der Waals surface area contributed by atoms with E-state index in [4.69, 9.17) is 9.15 Å². The van der Waals surface area contributed by atoms with Crippen LogP contribution in [0.15, 0.2) is 47.1 Å². The van der Waals surface area contributed by atoms with Crippen LogP contribution < -0.4 is 10.2 Å². The minimum Gasteiger partial charge on any atom is -0.465 e. The molecule has 1 amide bonds. The average molecular weight is 397 g/mol. The molecule has 0 saturated carbocycles. The zero-order chi connectivity index (χ0) is 20.6. The van der Waals surface area contributed by atoms with Gasteiger partial charge in [0.25, 0.3) is 0 Å². The molecule has 2 heterocycles. The number of amides is 1. The summed E-state index contributed by atoms with van der Waals surface area (Å²) in [7, 11) is 0. The van der Waals surface area contributed by atoms with Gasteiger partial charge in [-0.1, -0.05) is 6.92 Å². The molecule has 0 atom stereocenters. The number of likely N-dealkylation sites (N-methyl/N-ethyl adjacent to an activating group) is 1. The second kappa shape index (κ2) is 9.93. The second-order valence-corrected chi connectivity index (χ2v) is 6.71. The molecule has 0 unspecified atom stereocenters. The van der Waals surface area contributed by atoms with Gasteiger partial charge in [0.15, 0.2) is 0 Å². The first-order chi connectivity index (χ1) is 14.1. The van der Waals surface area contributed by atoms with E-state index >= 15 is 0 Å². The molecule has 0 aliphatic carbocycles. The number of hydrogen-bond acceptors (Lipinski definition) is 6. The molecule has 154 valence electrons. The fourth-order valence-corrected chi connectivity index (χ4v) is 3.28. The van der Waals surface area contributed by atoms with Crippen LogP contribution in [0.3, 0.4) is 0 Å². The second-order valence-electron chi connectivity index (χ2n) is 6.71. The Morgan fingerprint density at radius 1 is 1.17 bits per heavy atom. The Kier molecular flexibility index (Phi) is 7.08. The first-order valence-corrected chi connectivity index (χ1v) is 9.91. The van der Waals surface area contributed by atoms with Gasteiger partial charge in [-0.05, 0) is 49.9 Å². The third-order valence-corrected chi connectivity index (χ3v) is 4.87. The summed E-state index contributed by atoms with van der Waals surface area (Å²) < 4.78 is 10.3. The molecule has 7 nitrogen and oxygen atoms in total. The fourth-order valence-electron chi connectivity index (χ4n) is 3.28. The number of hydrogen-bond donors (Lipinski definition) is 1. The summed E-state index contributed by atoms with van der Waals surface area (Å²) in [5.41, 5.74) is 1.90. The van der Waals surface area contributed by atoms with Gasteiger partial charge in [0.05, 0.1) is 29.8 Å². The van der Waals surface area contributed by atoms with Crippen LogP contribution >= 0.6 is 0 Å². The predicted octanol–water partition coefficient (Wildman–Crippen LogP) is 3.25. The standard InChI is InChI=1S/C22H27N3O4/c1-3-24-11-13-25(14-12-24)20-9-7-17(22(27)28-4-2)16-19(20)23-21(26)10-8-18-6-5-15-29-18/h5-10,15-16H,3-4,11-14H2,1-2H3,(H,23,26)/b10-8+. The Morgan fingerprint density at radius 2 is 1.97 bits per heavy atom. The van der Waals surface area contributed by atoms with E-state index in [0.717, 1.165) is 38.4 Å². The van der Waals surface area contributed by atoms with Crippen LogP contribution in [-0.2, 0) is 9.53 Å². The minimum atomic E-state index is -0.406. The summed E-state index contributed by atoms with van der Waals surface area (Å²) in [6.07, 6.45) is 4.56. The molecule has 1 N–H and O–H groups in total. The SMILES string of the molecule is CCOC(=O)c1ccc(N2CCN(CC)CC2)c(NC(=O)/C=C/c2ccco2)c1. The predicted molar refractivity (Wildman–Crippen MR) is 113 cm³/mol. The van der Waals surface area contributed by atoms with Crippen molar-refractivity contribution in [1.82, 2.24) is 4.90 Å². The molecule has 7 heteroatoms. The Balaban J connectivity index is 1.81. The summed E-state index contributed by atoms with van der Waals surface area (Å²) in [5, 5.41) is 2.90. The fraction of sp³-hybridized carbons (Fsp3) is 0.364. The van der Waals surface area contributed by atoms with Crippen LogP contribution in [0, 0.1) is 0 Å². The number of nitrogens with one attached hydrogen (secondary N) is 1. The monoisotopic (exact) mass is 397 g/mol. The molecule has 1 aliphatic rings. The Hall–Kier alpha value is -3.06. The lowest BCUT2D eigenvalue weighted by molar-refractivity contribution is -0.111. The van der Waals surface area contributed by atoms with E-state index in [1.54, 1.807) is 43.5 Å². The van der Waals surface area contributed by atoms with Crippen LogP contribution in [0.1, 0.15) is 30.0 Å². The molecular formula is C22H27N3O4. The third kappa shape index (κ3) is 5.48. The zero-order valence-electron chi connectivity index (χ0n) is 16.9. The van der Waals surface area contributed by atoms with Crippen molar-refractivity contribution >= 4 is 29.3 Å². The quantitative estimate of drug-likeness (QED) is 0.571. The van der Waals surface area contributed by atoms with Gasteiger partial charge in [-0.3, -0.25) is 4.79 Å². The van der Waals surface area contributed by atoms with Crippen LogP contribution in [-0.4, -0.2) is 56.1 Å². The van der Waals surface area contributed by atoms with Gasteiger partial charge in [0, 0.05) is 32.3 Å². The van der Waals surface area contributed by atoms with Gasteiger partial charge < -0.3 is 24.3 Å². The molecule has 1 saturated heterocycles. The molecule has 0 spiro atoms. The minimum absolute atomic E-state index is 0.296. The van der Waals surface area contributed by atoms with Crippen molar-refractivity contribution in [2.24, 2.45) is 0 Å². The Bertz CT molecular complexity index is 853. The number of esters is 1. The average Bonchev–Trinajstić information content (AvgIpc) is 3.26. The largest absolute Gasteiger partial charge is 0.465 e. The van der Waals surface area contributed by atoms with Gasteiger partial charge in [-0.25, -0.2) is 4.79 Å². The molecule has 3 rings (SSSR count). The zero-order valence-corrected chi connectivity index (χ0v) is 16.9. The maximum atomic E-state index is 12.5. The molecule has 29 heavy (non-hydrogen) atoms. The third-order valence-electron chi connectivity index (χ3n) is 4.87. The van der Waals surface area contributed by atoms with Crippen molar-refractivity contribution < 1.29 is 18.7 Å². The lowest BCUT2D eigenvalue weighted by Crippen LogP contribution is -2.46. The summed E-state index contributed by atoms with van der Waals surface area (Å²) in [6.45, 7) is 8.88. The number of benzene rings is 1. The van der Waals surface area contributed by atoms with Crippen molar-refractivity contribution in [3.05, 3.63) is 54.0 Å². The van der Waals surface area contributed by atoms with Crippen LogP contribution in [0.4, 0.5) is 11.4 Å². The van der Waals surface area contributed by atoms with E-state index in [2.05, 4.69) is 22.0 Å². The number of furan rings is 1. The summed E-state index contributed by atoms with van der Waals surface area (Å²) in [4.78, 5) is 29.2. The number of anilines is 2. The smallest absolute Gasteiger partial charge is 0.338 e. The van der Waals surface area contributed by atoms with E-state index in [1.165, 1.54) is 6.08 Å². The molecule has 0 bridgehead atoms. The van der Waals surface area contributed by atoms with E-state index in [-0.39, 0.29) is 5.91 Å². The van der Waals surface area contributed by atoms with E-state index in [0.29, 0.717) is 23.6 Å². The highest BCUT2D eigenvalue weighted by Gasteiger charge is 2.20. The molecule has 1 aromatic heterocycles. The normalized spacial score (nSPS) is 14.9. The van der Waals surface area contributed by atoms with E-state index < -0.39 is 5.97 Å². The topological polar surface area (TPSA) is 75.0 Å².